The summed E-state index contributed by atoms with van der Waals surface area (Å²) in [6.07, 6.45) is 3.37. The third kappa shape index (κ3) is 4.18. The van der Waals surface area contributed by atoms with Gasteiger partial charge in [-0.15, -0.1) is 0 Å². The Hall–Kier alpha value is -1.14. The molecule has 2 fully saturated rings. The number of ether oxygens (including phenoxy) is 2. The Bertz CT molecular complexity index is 327. The van der Waals surface area contributed by atoms with Crippen LogP contribution in [0, 0.1) is 0 Å². The smallest absolute Gasteiger partial charge is 0.305 e. The molecule has 0 aromatic rings. The first-order chi connectivity index (χ1) is 9.16. The zero-order chi connectivity index (χ0) is 13.7. The van der Waals surface area contributed by atoms with E-state index in [0.717, 1.165) is 25.9 Å². The lowest BCUT2D eigenvalue weighted by atomic mass is 10.0. The van der Waals surface area contributed by atoms with Gasteiger partial charge < -0.3 is 19.5 Å². The van der Waals surface area contributed by atoms with Crippen LogP contribution >= 0.6 is 0 Å². The molecular formula is C13H21NO5. The van der Waals surface area contributed by atoms with Crippen LogP contribution in [0.3, 0.4) is 0 Å². The number of carboxylic acids is 1. The highest BCUT2D eigenvalue weighted by molar-refractivity contribution is 5.78. The van der Waals surface area contributed by atoms with Crippen molar-refractivity contribution in [3.8, 4) is 0 Å². The molecule has 1 N–H and O–H groups in total. The van der Waals surface area contributed by atoms with E-state index in [-0.39, 0.29) is 24.5 Å². The van der Waals surface area contributed by atoms with Crippen LogP contribution in [0.1, 0.15) is 32.1 Å². The number of aliphatic carboxylic acids is 1. The molecule has 108 valence electrons. The molecule has 0 aromatic heterocycles. The number of nitrogens with zero attached hydrogens (tertiary/aromatic N) is 1. The van der Waals surface area contributed by atoms with Gasteiger partial charge in [0.2, 0.25) is 5.91 Å². The molecule has 0 aromatic carbocycles. The zero-order valence-corrected chi connectivity index (χ0v) is 11.0. The van der Waals surface area contributed by atoms with Crippen LogP contribution in [-0.2, 0) is 19.1 Å². The summed E-state index contributed by atoms with van der Waals surface area (Å²) < 4.78 is 10.8. The number of rotatable bonds is 4. The number of carbonyl (C=O) groups is 2. The van der Waals surface area contributed by atoms with E-state index in [1.165, 1.54) is 0 Å². The third-order valence-corrected chi connectivity index (χ3v) is 3.63. The normalized spacial score (nSPS) is 28.1. The van der Waals surface area contributed by atoms with Crippen molar-refractivity contribution in [1.82, 2.24) is 4.90 Å². The van der Waals surface area contributed by atoms with E-state index in [2.05, 4.69) is 0 Å². The van der Waals surface area contributed by atoms with Crippen molar-refractivity contribution in [2.45, 2.75) is 44.2 Å². The van der Waals surface area contributed by atoms with Gasteiger partial charge in [0.1, 0.15) is 0 Å². The third-order valence-electron chi connectivity index (χ3n) is 3.63. The average Bonchev–Trinajstić information content (AvgIpc) is 2.39. The van der Waals surface area contributed by atoms with Gasteiger partial charge in [0.15, 0.2) is 0 Å². The standard InChI is InChI=1S/C13H21NO5/c15-12(8-11-3-1-2-5-19-11)14-4-6-18-9-10(14)7-13(16)17/h10-11H,1-9H2,(H,16,17)/t10-,11+/m0/s1. The Morgan fingerprint density at radius 3 is 2.74 bits per heavy atom. The van der Waals surface area contributed by atoms with Crippen molar-refractivity contribution in [2.75, 3.05) is 26.4 Å². The van der Waals surface area contributed by atoms with Gasteiger partial charge in [-0.2, -0.15) is 0 Å². The van der Waals surface area contributed by atoms with Gasteiger partial charge in [0.05, 0.1) is 38.2 Å². The van der Waals surface area contributed by atoms with E-state index < -0.39 is 5.97 Å². The van der Waals surface area contributed by atoms with Crippen LogP contribution in [0.25, 0.3) is 0 Å². The van der Waals surface area contributed by atoms with E-state index in [1.807, 2.05) is 0 Å². The Morgan fingerprint density at radius 1 is 1.21 bits per heavy atom. The summed E-state index contributed by atoms with van der Waals surface area (Å²) in [6, 6.07) is -0.345. The maximum absolute atomic E-state index is 12.3. The Morgan fingerprint density at radius 2 is 2.05 bits per heavy atom. The molecule has 6 nitrogen and oxygen atoms in total. The molecule has 1 amide bonds. The summed E-state index contributed by atoms with van der Waals surface area (Å²) >= 11 is 0. The minimum Gasteiger partial charge on any atom is -0.481 e. The van der Waals surface area contributed by atoms with Crippen molar-refractivity contribution in [3.05, 3.63) is 0 Å². The predicted octanol–water partition coefficient (Wildman–Crippen LogP) is 0.648. The highest BCUT2D eigenvalue weighted by atomic mass is 16.5. The molecule has 0 radical (unpaired) electrons. The topological polar surface area (TPSA) is 76.1 Å². The molecule has 19 heavy (non-hydrogen) atoms. The second kappa shape index (κ2) is 6.86. The van der Waals surface area contributed by atoms with Crippen LogP contribution < -0.4 is 0 Å². The molecule has 2 saturated heterocycles. The molecule has 2 rings (SSSR count). The molecule has 0 aliphatic carbocycles. The number of hydrogen-bond acceptors (Lipinski definition) is 4. The predicted molar refractivity (Wildman–Crippen MR) is 66.8 cm³/mol. The number of carbonyl (C=O) groups excluding carboxylic acids is 1. The maximum atomic E-state index is 12.3. The maximum Gasteiger partial charge on any atom is 0.305 e. The average molecular weight is 271 g/mol. The summed E-state index contributed by atoms with van der Waals surface area (Å²) in [5.74, 6) is -0.913. The largest absolute Gasteiger partial charge is 0.481 e. The van der Waals surface area contributed by atoms with Gasteiger partial charge in [0.25, 0.3) is 0 Å². The first-order valence-electron chi connectivity index (χ1n) is 6.87. The lowest BCUT2D eigenvalue weighted by molar-refractivity contribution is -0.148. The van der Waals surface area contributed by atoms with Gasteiger partial charge in [-0.05, 0) is 19.3 Å². The highest BCUT2D eigenvalue weighted by Crippen LogP contribution is 2.19. The van der Waals surface area contributed by atoms with Crippen molar-refractivity contribution in [1.29, 1.82) is 0 Å². The second-order valence-corrected chi connectivity index (χ2v) is 5.11. The lowest BCUT2D eigenvalue weighted by Gasteiger charge is -2.36. The SMILES string of the molecule is O=C(O)C[C@H]1COCCN1C(=O)C[C@H]1CCCCO1. The number of morpholine rings is 1. The van der Waals surface area contributed by atoms with E-state index in [9.17, 15) is 9.59 Å². The molecule has 2 atom stereocenters. The molecule has 0 unspecified atom stereocenters. The Labute approximate surface area is 112 Å². The van der Waals surface area contributed by atoms with Gasteiger partial charge in [-0.1, -0.05) is 0 Å². The summed E-state index contributed by atoms with van der Waals surface area (Å²) in [7, 11) is 0. The van der Waals surface area contributed by atoms with Crippen molar-refractivity contribution in [2.24, 2.45) is 0 Å². The van der Waals surface area contributed by atoms with Crippen LogP contribution in [0.4, 0.5) is 0 Å². The fourth-order valence-electron chi connectivity index (χ4n) is 2.63. The molecule has 0 saturated carbocycles. The molecule has 0 spiro atoms. The van der Waals surface area contributed by atoms with Crippen LogP contribution in [0.5, 0.6) is 0 Å². The first kappa shape index (κ1) is 14.3. The first-order valence-corrected chi connectivity index (χ1v) is 6.87. The highest BCUT2D eigenvalue weighted by Gasteiger charge is 2.30. The molecule has 6 heteroatoms. The van der Waals surface area contributed by atoms with Crippen molar-refractivity contribution in [3.63, 3.8) is 0 Å². The van der Waals surface area contributed by atoms with Gasteiger partial charge in [0, 0.05) is 13.2 Å². The van der Waals surface area contributed by atoms with Gasteiger partial charge in [-0.3, -0.25) is 9.59 Å². The van der Waals surface area contributed by atoms with Crippen molar-refractivity contribution >= 4 is 11.9 Å². The number of amides is 1. The Balaban J connectivity index is 1.88. The van der Waals surface area contributed by atoms with E-state index in [0.29, 0.717) is 26.2 Å². The Kier molecular flexibility index (Phi) is 5.15. The fraction of sp³-hybridized carbons (Fsp3) is 0.846. The fourth-order valence-corrected chi connectivity index (χ4v) is 2.63. The van der Waals surface area contributed by atoms with Crippen LogP contribution in [0.2, 0.25) is 0 Å². The van der Waals surface area contributed by atoms with Gasteiger partial charge >= 0.3 is 5.97 Å². The molecule has 2 heterocycles. The van der Waals surface area contributed by atoms with Crippen LogP contribution in [-0.4, -0.2) is 60.4 Å². The lowest BCUT2D eigenvalue weighted by Crippen LogP contribution is -2.50. The second-order valence-electron chi connectivity index (χ2n) is 5.11. The summed E-state index contributed by atoms with van der Waals surface area (Å²) in [5.41, 5.74) is 0. The quantitative estimate of drug-likeness (QED) is 0.812. The summed E-state index contributed by atoms with van der Waals surface area (Å²) in [6.45, 7) is 1.99. The van der Waals surface area contributed by atoms with E-state index in [1.54, 1.807) is 4.90 Å². The molecule has 0 bridgehead atoms. The minimum atomic E-state index is -0.901. The van der Waals surface area contributed by atoms with Crippen LogP contribution in [0.15, 0.2) is 0 Å². The number of hydrogen-bond donors (Lipinski definition) is 1. The minimum absolute atomic E-state index is 0.00503. The number of carboxylic acid groups (broad SMARTS) is 1. The van der Waals surface area contributed by atoms with Gasteiger partial charge in [-0.25, -0.2) is 0 Å². The zero-order valence-electron chi connectivity index (χ0n) is 11.0. The van der Waals surface area contributed by atoms with E-state index in [4.69, 9.17) is 14.6 Å². The summed E-state index contributed by atoms with van der Waals surface area (Å²) in [4.78, 5) is 24.7. The monoisotopic (exact) mass is 271 g/mol. The molecular weight excluding hydrogens is 250 g/mol. The molecule has 2 aliphatic heterocycles. The van der Waals surface area contributed by atoms with E-state index >= 15 is 0 Å². The molecule has 2 aliphatic rings. The van der Waals surface area contributed by atoms with Crippen molar-refractivity contribution < 1.29 is 24.2 Å². The summed E-state index contributed by atoms with van der Waals surface area (Å²) in [5, 5.41) is 8.87.